The van der Waals surface area contributed by atoms with Gasteiger partial charge in [0.25, 0.3) is 5.91 Å². The number of benzene rings is 2. The normalized spacial score (nSPS) is 13.7. The molecule has 0 unspecified atom stereocenters. The van der Waals surface area contributed by atoms with Gasteiger partial charge in [0, 0.05) is 33.3 Å². The van der Waals surface area contributed by atoms with E-state index < -0.39 is 28.5 Å². The molecule has 10 heteroatoms. The van der Waals surface area contributed by atoms with E-state index in [2.05, 4.69) is 0 Å². The molecule has 1 aliphatic heterocycles. The summed E-state index contributed by atoms with van der Waals surface area (Å²) in [6, 6.07) is 12.0. The first-order valence-corrected chi connectivity index (χ1v) is 12.0. The van der Waals surface area contributed by atoms with Gasteiger partial charge in [0.15, 0.2) is 6.61 Å². The number of rotatable bonds is 5. The molecule has 0 aliphatic carbocycles. The Morgan fingerprint density at radius 3 is 2.74 bits per heavy atom. The number of halogens is 1. The molecular weight excluding hydrogens is 460 g/mol. The first kappa shape index (κ1) is 21.5. The highest BCUT2D eigenvalue weighted by Crippen LogP contribution is 2.36. The van der Waals surface area contributed by atoms with Gasteiger partial charge in [-0.1, -0.05) is 29.8 Å². The van der Waals surface area contributed by atoms with Crippen LogP contribution in [0.5, 0.6) is 0 Å². The summed E-state index contributed by atoms with van der Waals surface area (Å²) in [6.07, 6.45) is 3.29. The quantitative estimate of drug-likeness (QED) is 0.449. The molecule has 0 fully saturated rings. The minimum absolute atomic E-state index is 0.00277. The lowest BCUT2D eigenvalue weighted by molar-refractivity contribution is -0.142. The zero-order valence-electron chi connectivity index (χ0n) is 16.1. The standard InChI is InChI=1S/C21H17ClN2O5S2/c22-21-15-3-1-2-4-17(15)30-18(21)7-8-20(26)29-12-19(25)24-10-9-13-11-14(31(23,27)28)5-6-16(13)24/h1-8,11H,9-10,12H2,(H2,23,27,28)/b8-7+. The lowest BCUT2D eigenvalue weighted by Crippen LogP contribution is -2.33. The van der Waals surface area contributed by atoms with Gasteiger partial charge in [-0.2, -0.15) is 0 Å². The molecule has 2 heterocycles. The molecular formula is C21H17ClN2O5S2. The van der Waals surface area contributed by atoms with Crippen molar-refractivity contribution in [3.8, 4) is 0 Å². The SMILES string of the molecule is NS(=O)(=O)c1ccc2c(c1)CCN2C(=O)COC(=O)/C=C/c1sc2ccccc2c1Cl. The molecule has 0 bridgehead atoms. The topological polar surface area (TPSA) is 107 Å². The average molecular weight is 477 g/mol. The fourth-order valence-electron chi connectivity index (χ4n) is 3.36. The monoisotopic (exact) mass is 476 g/mol. The molecule has 2 N–H and O–H groups in total. The Bertz CT molecular complexity index is 1330. The Morgan fingerprint density at radius 1 is 1.23 bits per heavy atom. The van der Waals surface area contributed by atoms with E-state index in [9.17, 15) is 18.0 Å². The summed E-state index contributed by atoms with van der Waals surface area (Å²) in [4.78, 5) is 26.8. The van der Waals surface area contributed by atoms with E-state index in [0.717, 1.165) is 15.0 Å². The van der Waals surface area contributed by atoms with Crippen molar-refractivity contribution in [2.24, 2.45) is 5.14 Å². The van der Waals surface area contributed by atoms with Gasteiger partial charge in [0.05, 0.1) is 9.92 Å². The molecule has 4 rings (SSSR count). The van der Waals surface area contributed by atoms with E-state index in [4.69, 9.17) is 21.5 Å². The van der Waals surface area contributed by atoms with E-state index in [-0.39, 0.29) is 4.90 Å². The van der Waals surface area contributed by atoms with Crippen LogP contribution in [-0.4, -0.2) is 33.4 Å². The van der Waals surface area contributed by atoms with Gasteiger partial charge in [-0.25, -0.2) is 18.4 Å². The molecule has 0 radical (unpaired) electrons. The maximum absolute atomic E-state index is 12.5. The van der Waals surface area contributed by atoms with E-state index >= 15 is 0 Å². The smallest absolute Gasteiger partial charge is 0.331 e. The Balaban J connectivity index is 1.39. The zero-order valence-corrected chi connectivity index (χ0v) is 18.5. The first-order valence-electron chi connectivity index (χ1n) is 9.22. The number of carbonyl (C=O) groups is 2. The largest absolute Gasteiger partial charge is 0.452 e. The van der Waals surface area contributed by atoms with Gasteiger partial charge in [0.1, 0.15) is 0 Å². The second kappa shape index (κ2) is 8.43. The Kier molecular flexibility index (Phi) is 5.85. The lowest BCUT2D eigenvalue weighted by atomic mass is 10.2. The molecule has 160 valence electrons. The van der Waals surface area contributed by atoms with Crippen LogP contribution in [0.15, 0.2) is 53.4 Å². The van der Waals surface area contributed by atoms with Gasteiger partial charge in [-0.15, -0.1) is 11.3 Å². The van der Waals surface area contributed by atoms with Crippen LogP contribution in [-0.2, 0) is 30.8 Å². The van der Waals surface area contributed by atoms with E-state index in [0.29, 0.717) is 29.2 Å². The molecule has 0 saturated heterocycles. The number of nitrogens with zero attached hydrogens (tertiary/aromatic N) is 1. The van der Waals surface area contributed by atoms with Crippen molar-refractivity contribution in [3.63, 3.8) is 0 Å². The van der Waals surface area contributed by atoms with Crippen LogP contribution in [0.2, 0.25) is 5.02 Å². The zero-order chi connectivity index (χ0) is 22.2. The van der Waals surface area contributed by atoms with Crippen LogP contribution in [0.4, 0.5) is 5.69 Å². The lowest BCUT2D eigenvalue weighted by Gasteiger charge is -2.17. The highest BCUT2D eigenvalue weighted by atomic mass is 35.5. The summed E-state index contributed by atoms with van der Waals surface area (Å²) in [5.74, 6) is -1.06. The summed E-state index contributed by atoms with van der Waals surface area (Å²) >= 11 is 7.79. The van der Waals surface area contributed by atoms with Gasteiger partial charge in [0.2, 0.25) is 10.0 Å². The third kappa shape index (κ3) is 4.49. The highest BCUT2D eigenvalue weighted by molar-refractivity contribution is 7.89. The summed E-state index contributed by atoms with van der Waals surface area (Å²) in [6.45, 7) is -0.0628. The number of hydrogen-bond donors (Lipinski definition) is 1. The van der Waals surface area contributed by atoms with Crippen molar-refractivity contribution in [1.82, 2.24) is 0 Å². The van der Waals surface area contributed by atoms with Crippen LogP contribution in [0.25, 0.3) is 16.2 Å². The fourth-order valence-corrected chi connectivity index (χ4v) is 5.32. The number of anilines is 1. The molecule has 7 nitrogen and oxygen atoms in total. The summed E-state index contributed by atoms with van der Waals surface area (Å²) in [5, 5.41) is 6.62. The summed E-state index contributed by atoms with van der Waals surface area (Å²) in [5.41, 5.74) is 1.28. The number of thiophene rings is 1. The Morgan fingerprint density at radius 2 is 2.00 bits per heavy atom. The second-order valence-electron chi connectivity index (χ2n) is 6.85. The van der Waals surface area contributed by atoms with E-state index in [1.54, 1.807) is 6.08 Å². The molecule has 1 aromatic heterocycles. The van der Waals surface area contributed by atoms with Crippen molar-refractivity contribution < 1.29 is 22.7 Å². The molecule has 0 saturated carbocycles. The van der Waals surface area contributed by atoms with E-state index in [1.807, 2.05) is 24.3 Å². The fraction of sp³-hybridized carbons (Fsp3) is 0.143. The maximum atomic E-state index is 12.5. The third-order valence-corrected chi connectivity index (χ3v) is 7.41. The van der Waals surface area contributed by atoms with Gasteiger partial charge >= 0.3 is 5.97 Å². The Hall–Kier alpha value is -2.72. The van der Waals surface area contributed by atoms with Crippen LogP contribution < -0.4 is 10.0 Å². The Labute approximate surface area is 187 Å². The average Bonchev–Trinajstić information content (AvgIpc) is 3.31. The van der Waals surface area contributed by atoms with Crippen LogP contribution in [0, 0.1) is 0 Å². The molecule has 1 aliphatic rings. The minimum atomic E-state index is -3.81. The highest BCUT2D eigenvalue weighted by Gasteiger charge is 2.26. The van der Waals surface area contributed by atoms with E-state index in [1.165, 1.54) is 40.5 Å². The minimum Gasteiger partial charge on any atom is -0.452 e. The third-order valence-electron chi connectivity index (χ3n) is 4.84. The first-order chi connectivity index (χ1) is 14.7. The number of carbonyl (C=O) groups excluding carboxylic acids is 2. The van der Waals surface area contributed by atoms with Crippen molar-refractivity contribution in [2.45, 2.75) is 11.3 Å². The molecule has 31 heavy (non-hydrogen) atoms. The number of esters is 1. The number of ether oxygens (including phenoxy) is 1. The van der Waals surface area contributed by atoms with Gasteiger partial charge < -0.3 is 9.64 Å². The number of amides is 1. The predicted molar refractivity (Wildman–Crippen MR) is 121 cm³/mol. The molecule has 3 aromatic rings. The maximum Gasteiger partial charge on any atom is 0.331 e. The van der Waals surface area contributed by atoms with Crippen LogP contribution >= 0.6 is 22.9 Å². The van der Waals surface area contributed by atoms with Crippen molar-refractivity contribution >= 4 is 66.7 Å². The van der Waals surface area contributed by atoms with Crippen molar-refractivity contribution in [3.05, 3.63) is 64.0 Å². The number of primary sulfonamides is 1. The number of fused-ring (bicyclic) bond motifs is 2. The van der Waals surface area contributed by atoms with Crippen molar-refractivity contribution in [1.29, 1.82) is 0 Å². The molecule has 2 aromatic carbocycles. The van der Waals surface area contributed by atoms with Gasteiger partial charge in [-0.3, -0.25) is 4.79 Å². The number of nitrogens with two attached hydrogens (primary N) is 1. The number of sulfonamides is 1. The predicted octanol–water partition coefficient (Wildman–Crippen LogP) is 3.35. The van der Waals surface area contributed by atoms with Crippen LogP contribution in [0.1, 0.15) is 10.4 Å². The number of hydrogen-bond acceptors (Lipinski definition) is 6. The molecule has 1 amide bonds. The second-order valence-corrected chi connectivity index (χ2v) is 9.87. The van der Waals surface area contributed by atoms with Crippen LogP contribution in [0.3, 0.4) is 0 Å². The van der Waals surface area contributed by atoms with Gasteiger partial charge in [-0.05, 0) is 42.3 Å². The summed E-state index contributed by atoms with van der Waals surface area (Å²) < 4.78 is 29.1. The summed E-state index contributed by atoms with van der Waals surface area (Å²) in [7, 11) is -3.81. The van der Waals surface area contributed by atoms with Crippen molar-refractivity contribution in [2.75, 3.05) is 18.1 Å². The molecule has 0 atom stereocenters. The molecule has 0 spiro atoms.